The third-order valence-corrected chi connectivity index (χ3v) is 3.27. The summed E-state index contributed by atoms with van der Waals surface area (Å²) in [6.45, 7) is 0. The fraction of sp³-hybridized carbons (Fsp3) is 0. The zero-order valence-electron chi connectivity index (χ0n) is 9.07. The molecule has 2 nitrogen and oxygen atoms in total. The molecule has 2 aromatic heterocycles. The van der Waals surface area contributed by atoms with Gasteiger partial charge in [0.15, 0.2) is 5.65 Å². The van der Waals surface area contributed by atoms with E-state index in [0.29, 0.717) is 5.65 Å². The average Bonchev–Trinajstić information content (AvgIpc) is 2.74. The van der Waals surface area contributed by atoms with Crippen molar-refractivity contribution >= 4 is 21.6 Å². The molecule has 0 aliphatic heterocycles. The number of pyridine rings is 1. The number of halogens is 3. The molecule has 0 spiro atoms. The summed E-state index contributed by atoms with van der Waals surface area (Å²) in [5, 5.41) is 0. The van der Waals surface area contributed by atoms with Crippen molar-refractivity contribution < 1.29 is 8.78 Å². The van der Waals surface area contributed by atoms with Gasteiger partial charge in [-0.2, -0.15) is 0 Å². The van der Waals surface area contributed by atoms with Crippen LogP contribution in [0.1, 0.15) is 0 Å². The first-order valence-corrected chi connectivity index (χ1v) is 6.04. The van der Waals surface area contributed by atoms with Gasteiger partial charge in [-0.1, -0.05) is 6.07 Å². The van der Waals surface area contributed by atoms with Gasteiger partial charge in [0.05, 0.1) is 15.7 Å². The first-order chi connectivity index (χ1) is 8.66. The van der Waals surface area contributed by atoms with Crippen LogP contribution in [-0.4, -0.2) is 9.38 Å². The fourth-order valence-electron chi connectivity index (χ4n) is 1.84. The quantitative estimate of drug-likeness (QED) is 0.663. The Morgan fingerprint density at radius 2 is 1.78 bits per heavy atom. The summed E-state index contributed by atoms with van der Waals surface area (Å²) in [5.41, 5.74) is 0.792. The second-order valence-corrected chi connectivity index (χ2v) is 4.66. The molecule has 90 valence electrons. The molecule has 0 aliphatic rings. The summed E-state index contributed by atoms with van der Waals surface area (Å²) in [4.78, 5) is 4.24. The Labute approximate surface area is 110 Å². The Hall–Kier alpha value is -1.75. The van der Waals surface area contributed by atoms with Crippen molar-refractivity contribution in [2.75, 3.05) is 0 Å². The Balaban J connectivity index is 2.30. The van der Waals surface area contributed by atoms with Crippen molar-refractivity contribution in [2.24, 2.45) is 0 Å². The Kier molecular flexibility index (Phi) is 2.63. The molecule has 1 aromatic carbocycles. The molecule has 0 radical (unpaired) electrons. The number of rotatable bonds is 1. The molecule has 0 saturated carbocycles. The Morgan fingerprint density at radius 3 is 2.44 bits per heavy atom. The normalized spacial score (nSPS) is 11.1. The van der Waals surface area contributed by atoms with Gasteiger partial charge in [0.2, 0.25) is 0 Å². The van der Waals surface area contributed by atoms with Crippen molar-refractivity contribution in [1.29, 1.82) is 0 Å². The van der Waals surface area contributed by atoms with Crippen molar-refractivity contribution in [1.82, 2.24) is 9.38 Å². The monoisotopic (exact) mass is 308 g/mol. The summed E-state index contributed by atoms with van der Waals surface area (Å²) in [7, 11) is 0. The summed E-state index contributed by atoms with van der Waals surface area (Å²) in [6, 6.07) is 7.42. The van der Waals surface area contributed by atoms with Crippen molar-refractivity contribution in [3.8, 4) is 11.3 Å². The van der Waals surface area contributed by atoms with Gasteiger partial charge in [-0.05, 0) is 40.2 Å². The predicted octanol–water partition coefficient (Wildman–Crippen LogP) is 4.04. The maximum Gasteiger partial charge on any atom is 0.151 e. The zero-order valence-corrected chi connectivity index (χ0v) is 10.7. The molecule has 3 rings (SSSR count). The number of nitrogens with zero attached hydrogens (tertiary/aromatic N) is 2. The van der Waals surface area contributed by atoms with E-state index in [-0.39, 0.29) is 11.3 Å². The lowest BCUT2D eigenvalue weighted by Crippen LogP contribution is -1.89. The minimum atomic E-state index is -0.616. The van der Waals surface area contributed by atoms with Crippen LogP contribution in [0.5, 0.6) is 0 Å². The molecule has 2 heterocycles. The Bertz CT molecular complexity index is 717. The van der Waals surface area contributed by atoms with Crippen LogP contribution >= 0.6 is 15.9 Å². The third-order valence-electron chi connectivity index (χ3n) is 2.65. The molecule has 3 aromatic rings. The second-order valence-electron chi connectivity index (χ2n) is 3.81. The highest BCUT2D eigenvalue weighted by atomic mass is 79.9. The van der Waals surface area contributed by atoms with Crippen molar-refractivity contribution in [3.05, 3.63) is 58.8 Å². The average molecular weight is 309 g/mol. The number of hydrogen-bond donors (Lipinski definition) is 0. The van der Waals surface area contributed by atoms with Gasteiger partial charge in [0.1, 0.15) is 11.6 Å². The smallest absolute Gasteiger partial charge is 0.151 e. The molecule has 0 amide bonds. The van der Waals surface area contributed by atoms with Crippen LogP contribution in [0.3, 0.4) is 0 Å². The van der Waals surface area contributed by atoms with Crippen LogP contribution in [0.2, 0.25) is 0 Å². The molecular weight excluding hydrogens is 302 g/mol. The lowest BCUT2D eigenvalue weighted by atomic mass is 10.1. The largest absolute Gasteiger partial charge is 0.306 e. The van der Waals surface area contributed by atoms with Gasteiger partial charge in [-0.15, -0.1) is 0 Å². The maximum absolute atomic E-state index is 13.7. The topological polar surface area (TPSA) is 17.3 Å². The van der Waals surface area contributed by atoms with Gasteiger partial charge in [0.25, 0.3) is 0 Å². The highest BCUT2D eigenvalue weighted by molar-refractivity contribution is 9.10. The number of imidazole rings is 1. The summed E-state index contributed by atoms with van der Waals surface area (Å²) in [5.74, 6) is -1.23. The van der Waals surface area contributed by atoms with Crippen LogP contribution in [0.15, 0.2) is 47.2 Å². The fourth-order valence-corrected chi connectivity index (χ4v) is 2.29. The van der Waals surface area contributed by atoms with Gasteiger partial charge < -0.3 is 4.40 Å². The molecule has 0 bridgehead atoms. The highest BCUT2D eigenvalue weighted by Crippen LogP contribution is 2.27. The Morgan fingerprint density at radius 1 is 1.06 bits per heavy atom. The minimum absolute atomic E-state index is 0.104. The van der Waals surface area contributed by atoms with E-state index >= 15 is 0 Å². The molecule has 0 saturated heterocycles. The number of benzene rings is 1. The third kappa shape index (κ3) is 1.71. The van der Waals surface area contributed by atoms with Gasteiger partial charge >= 0.3 is 0 Å². The number of aromatic nitrogens is 2. The maximum atomic E-state index is 13.7. The molecule has 0 unspecified atom stereocenters. The first kappa shape index (κ1) is 11.3. The number of fused-ring (bicyclic) bond motifs is 1. The standard InChI is InChI=1S/C13H7BrF2N2/c14-8-3-2-6-18-7-11(17-13(8)18)12-9(15)4-1-5-10(12)16/h1-7H. The number of hydrogen-bond acceptors (Lipinski definition) is 1. The first-order valence-electron chi connectivity index (χ1n) is 5.24. The van der Waals surface area contributed by atoms with E-state index in [1.54, 1.807) is 16.8 Å². The summed E-state index contributed by atoms with van der Waals surface area (Å²) >= 11 is 3.35. The predicted molar refractivity (Wildman–Crippen MR) is 68.2 cm³/mol. The molecule has 0 N–H and O–H groups in total. The van der Waals surface area contributed by atoms with E-state index in [0.717, 1.165) is 4.47 Å². The lowest BCUT2D eigenvalue weighted by Gasteiger charge is -1.99. The van der Waals surface area contributed by atoms with Gasteiger partial charge in [0, 0.05) is 12.4 Å². The van der Waals surface area contributed by atoms with Crippen LogP contribution in [-0.2, 0) is 0 Å². The van der Waals surface area contributed by atoms with E-state index in [2.05, 4.69) is 20.9 Å². The van der Waals surface area contributed by atoms with E-state index in [4.69, 9.17) is 0 Å². The van der Waals surface area contributed by atoms with Crippen LogP contribution in [0.4, 0.5) is 8.78 Å². The molecular formula is C13H7BrF2N2. The molecule has 0 aliphatic carbocycles. The van der Waals surface area contributed by atoms with E-state index in [1.807, 2.05) is 12.1 Å². The summed E-state index contributed by atoms with van der Waals surface area (Å²) < 4.78 is 29.8. The molecule has 18 heavy (non-hydrogen) atoms. The molecule has 5 heteroatoms. The van der Waals surface area contributed by atoms with E-state index in [9.17, 15) is 8.78 Å². The van der Waals surface area contributed by atoms with Crippen molar-refractivity contribution in [2.45, 2.75) is 0 Å². The van der Waals surface area contributed by atoms with Crippen LogP contribution < -0.4 is 0 Å². The van der Waals surface area contributed by atoms with E-state index < -0.39 is 11.6 Å². The van der Waals surface area contributed by atoms with E-state index in [1.165, 1.54) is 18.2 Å². The zero-order chi connectivity index (χ0) is 12.7. The summed E-state index contributed by atoms with van der Waals surface area (Å²) in [6.07, 6.45) is 3.37. The molecule has 0 atom stereocenters. The minimum Gasteiger partial charge on any atom is -0.306 e. The lowest BCUT2D eigenvalue weighted by molar-refractivity contribution is 0.589. The molecule has 0 fully saturated rings. The second kappa shape index (κ2) is 4.17. The van der Waals surface area contributed by atoms with Crippen LogP contribution in [0.25, 0.3) is 16.9 Å². The highest BCUT2D eigenvalue weighted by Gasteiger charge is 2.14. The van der Waals surface area contributed by atoms with Crippen molar-refractivity contribution in [3.63, 3.8) is 0 Å². The van der Waals surface area contributed by atoms with Gasteiger partial charge in [-0.3, -0.25) is 0 Å². The van der Waals surface area contributed by atoms with Crippen LogP contribution in [0, 0.1) is 11.6 Å². The SMILES string of the molecule is Fc1cccc(F)c1-c1cn2cccc(Br)c2n1. The van der Waals surface area contributed by atoms with Gasteiger partial charge in [-0.25, -0.2) is 13.8 Å².